The average Bonchev–Trinajstić information content (AvgIpc) is 2.53. The summed E-state index contributed by atoms with van der Waals surface area (Å²) in [4.78, 5) is 8.52. The lowest BCUT2D eigenvalue weighted by Crippen LogP contribution is -1.99. The zero-order valence-electron chi connectivity index (χ0n) is 12.9. The minimum absolute atomic E-state index is 0.208. The molecule has 3 heteroatoms. The van der Waals surface area contributed by atoms with Gasteiger partial charge >= 0.3 is 0 Å². The summed E-state index contributed by atoms with van der Waals surface area (Å²) in [6.45, 7) is 4.28. The zero-order chi connectivity index (χ0) is 15.5. The van der Waals surface area contributed by atoms with E-state index >= 15 is 0 Å². The van der Waals surface area contributed by atoms with Crippen LogP contribution in [0.4, 0.5) is 4.39 Å². The fourth-order valence-corrected chi connectivity index (χ4v) is 2.52. The monoisotopic (exact) mass is 294 g/mol. The molecule has 0 amide bonds. The molecule has 3 aromatic rings. The summed E-state index contributed by atoms with van der Waals surface area (Å²) < 4.78 is 14.2. The fourth-order valence-electron chi connectivity index (χ4n) is 2.52. The highest BCUT2D eigenvalue weighted by Gasteiger charge is 2.09. The predicted molar refractivity (Wildman–Crippen MR) is 88.1 cm³/mol. The molecular formula is C19H19FN2. The van der Waals surface area contributed by atoms with Crippen molar-refractivity contribution in [2.45, 2.75) is 26.7 Å². The van der Waals surface area contributed by atoms with Crippen LogP contribution in [-0.4, -0.2) is 9.97 Å². The van der Waals surface area contributed by atoms with Crippen molar-refractivity contribution in [1.82, 2.24) is 9.97 Å². The number of rotatable bonds is 4. The molecule has 0 bridgehead atoms. The van der Waals surface area contributed by atoms with E-state index in [4.69, 9.17) is 0 Å². The second-order valence-electron chi connectivity index (χ2n) is 5.99. The molecule has 0 aliphatic heterocycles. The maximum atomic E-state index is 14.2. The molecule has 0 aliphatic carbocycles. The highest BCUT2D eigenvalue weighted by Crippen LogP contribution is 2.25. The van der Waals surface area contributed by atoms with Crippen LogP contribution in [0.25, 0.3) is 22.0 Å². The summed E-state index contributed by atoms with van der Waals surface area (Å²) in [5, 5.41) is 0.833. The Morgan fingerprint density at radius 1 is 1.00 bits per heavy atom. The van der Waals surface area contributed by atoms with Crippen molar-refractivity contribution >= 4 is 10.9 Å². The summed E-state index contributed by atoms with van der Waals surface area (Å²) >= 11 is 0. The summed E-state index contributed by atoms with van der Waals surface area (Å²) in [6, 6.07) is 11.5. The molecule has 0 saturated heterocycles. The molecular weight excluding hydrogens is 275 g/mol. The Labute approximate surface area is 130 Å². The molecule has 2 aromatic heterocycles. The van der Waals surface area contributed by atoms with Gasteiger partial charge in [0.2, 0.25) is 0 Å². The number of fused-ring (bicyclic) bond motifs is 1. The quantitative estimate of drug-likeness (QED) is 0.675. The first-order valence-electron chi connectivity index (χ1n) is 7.63. The fraction of sp³-hybridized carbons (Fsp3) is 0.263. The van der Waals surface area contributed by atoms with E-state index in [1.807, 2.05) is 30.3 Å². The Morgan fingerprint density at radius 2 is 1.77 bits per heavy atom. The highest BCUT2D eigenvalue weighted by molar-refractivity contribution is 5.84. The molecule has 3 rings (SSSR count). The van der Waals surface area contributed by atoms with Gasteiger partial charge in [-0.05, 0) is 60.2 Å². The van der Waals surface area contributed by atoms with E-state index in [-0.39, 0.29) is 5.82 Å². The van der Waals surface area contributed by atoms with Crippen molar-refractivity contribution in [2.24, 2.45) is 5.92 Å². The number of nitrogens with zero attached hydrogens (tertiary/aromatic N) is 2. The first kappa shape index (κ1) is 14.6. The number of pyridine rings is 2. The predicted octanol–water partition coefficient (Wildman–Crippen LogP) is 5.02. The molecule has 112 valence electrons. The Bertz CT molecular complexity index is 782. The van der Waals surface area contributed by atoms with Crippen molar-refractivity contribution in [2.75, 3.05) is 0 Å². The summed E-state index contributed by atoms with van der Waals surface area (Å²) in [5.41, 5.74) is 3.53. The second kappa shape index (κ2) is 6.22. The maximum Gasteiger partial charge on any atom is 0.145 e. The second-order valence-corrected chi connectivity index (χ2v) is 5.99. The van der Waals surface area contributed by atoms with Gasteiger partial charge < -0.3 is 0 Å². The van der Waals surface area contributed by atoms with Crippen molar-refractivity contribution in [3.63, 3.8) is 0 Å². The summed E-state index contributed by atoms with van der Waals surface area (Å²) in [7, 11) is 0. The van der Waals surface area contributed by atoms with E-state index in [1.165, 1.54) is 0 Å². The SMILES string of the molecule is CC(C)CCc1nc2ccc(-c3ccncc3)cc2cc1F. The van der Waals surface area contributed by atoms with E-state index in [1.54, 1.807) is 18.5 Å². The van der Waals surface area contributed by atoms with Crippen LogP contribution >= 0.6 is 0 Å². The minimum atomic E-state index is -0.208. The van der Waals surface area contributed by atoms with Gasteiger partial charge in [-0.15, -0.1) is 0 Å². The first-order valence-corrected chi connectivity index (χ1v) is 7.63. The normalized spacial score (nSPS) is 11.3. The summed E-state index contributed by atoms with van der Waals surface area (Å²) in [6.07, 6.45) is 5.15. The molecule has 0 saturated carbocycles. The summed E-state index contributed by atoms with van der Waals surface area (Å²) in [5.74, 6) is 0.339. The largest absolute Gasteiger partial charge is 0.265 e. The van der Waals surface area contributed by atoms with Crippen molar-refractivity contribution in [1.29, 1.82) is 0 Å². The first-order chi connectivity index (χ1) is 10.6. The van der Waals surface area contributed by atoms with Gasteiger partial charge in [0.15, 0.2) is 0 Å². The van der Waals surface area contributed by atoms with Crippen LogP contribution in [0.1, 0.15) is 26.0 Å². The Hall–Kier alpha value is -2.29. The van der Waals surface area contributed by atoms with E-state index < -0.39 is 0 Å². The molecule has 1 aromatic carbocycles. The van der Waals surface area contributed by atoms with Gasteiger partial charge in [-0.1, -0.05) is 19.9 Å². The number of aryl methyl sites for hydroxylation is 1. The van der Waals surface area contributed by atoms with E-state index in [0.717, 1.165) is 28.5 Å². The van der Waals surface area contributed by atoms with E-state index in [0.29, 0.717) is 18.0 Å². The Balaban J connectivity index is 1.98. The number of hydrogen-bond acceptors (Lipinski definition) is 2. The van der Waals surface area contributed by atoms with Crippen LogP contribution < -0.4 is 0 Å². The van der Waals surface area contributed by atoms with Crippen LogP contribution in [0.2, 0.25) is 0 Å². The topological polar surface area (TPSA) is 25.8 Å². The molecule has 2 nitrogen and oxygen atoms in total. The number of benzene rings is 1. The number of aromatic nitrogens is 2. The van der Waals surface area contributed by atoms with Crippen LogP contribution in [0.15, 0.2) is 48.8 Å². The standard InChI is InChI=1S/C19H19FN2/c1-13(2)3-5-19-17(20)12-16-11-15(4-6-18(16)22-19)14-7-9-21-10-8-14/h4,6-13H,3,5H2,1-2H3. The van der Waals surface area contributed by atoms with Crippen molar-refractivity contribution < 1.29 is 4.39 Å². The zero-order valence-corrected chi connectivity index (χ0v) is 12.9. The lowest BCUT2D eigenvalue weighted by molar-refractivity contribution is 0.550. The lowest BCUT2D eigenvalue weighted by Gasteiger charge is -2.08. The number of hydrogen-bond donors (Lipinski definition) is 0. The van der Waals surface area contributed by atoms with E-state index in [9.17, 15) is 4.39 Å². The van der Waals surface area contributed by atoms with Gasteiger partial charge in [0.25, 0.3) is 0 Å². The number of halogens is 1. The molecule has 0 spiro atoms. The van der Waals surface area contributed by atoms with Gasteiger partial charge in [0, 0.05) is 17.8 Å². The van der Waals surface area contributed by atoms with Crippen molar-refractivity contribution in [3.05, 3.63) is 60.3 Å². The molecule has 2 heterocycles. The third kappa shape index (κ3) is 3.14. The molecule has 0 N–H and O–H groups in total. The van der Waals surface area contributed by atoms with Gasteiger partial charge in [0.05, 0.1) is 11.2 Å². The Kier molecular flexibility index (Phi) is 4.14. The lowest BCUT2D eigenvalue weighted by atomic mass is 10.0. The smallest absolute Gasteiger partial charge is 0.145 e. The molecule has 0 radical (unpaired) electrons. The maximum absolute atomic E-state index is 14.2. The van der Waals surface area contributed by atoms with Crippen LogP contribution in [-0.2, 0) is 6.42 Å². The van der Waals surface area contributed by atoms with Gasteiger partial charge in [-0.25, -0.2) is 9.37 Å². The minimum Gasteiger partial charge on any atom is -0.265 e. The molecule has 0 aliphatic rings. The van der Waals surface area contributed by atoms with E-state index in [2.05, 4.69) is 23.8 Å². The third-order valence-corrected chi connectivity index (χ3v) is 3.81. The molecule has 0 fully saturated rings. The van der Waals surface area contributed by atoms with Gasteiger partial charge in [-0.2, -0.15) is 0 Å². The van der Waals surface area contributed by atoms with Crippen LogP contribution in [0.3, 0.4) is 0 Å². The average molecular weight is 294 g/mol. The van der Waals surface area contributed by atoms with Crippen LogP contribution in [0.5, 0.6) is 0 Å². The Morgan fingerprint density at radius 3 is 2.50 bits per heavy atom. The highest BCUT2D eigenvalue weighted by atomic mass is 19.1. The van der Waals surface area contributed by atoms with Gasteiger partial charge in [-0.3, -0.25) is 4.98 Å². The molecule has 22 heavy (non-hydrogen) atoms. The third-order valence-electron chi connectivity index (χ3n) is 3.81. The molecule has 0 atom stereocenters. The van der Waals surface area contributed by atoms with Crippen molar-refractivity contribution in [3.8, 4) is 11.1 Å². The van der Waals surface area contributed by atoms with Gasteiger partial charge in [0.1, 0.15) is 5.82 Å². The van der Waals surface area contributed by atoms with Crippen LogP contribution in [0, 0.1) is 11.7 Å². The molecule has 0 unspecified atom stereocenters.